The Morgan fingerprint density at radius 1 is 1.10 bits per heavy atom. The maximum absolute atomic E-state index is 10.9. The summed E-state index contributed by atoms with van der Waals surface area (Å²) < 4.78 is 0. The van der Waals surface area contributed by atoms with Crippen LogP contribution in [-0.4, -0.2) is 10.0 Å². The van der Waals surface area contributed by atoms with E-state index in [9.17, 15) is 10.1 Å². The molecule has 20 heavy (non-hydrogen) atoms. The van der Waals surface area contributed by atoms with Gasteiger partial charge in [-0.2, -0.15) is 0 Å². The van der Waals surface area contributed by atoms with Crippen LogP contribution in [0.4, 0.5) is 17.1 Å². The zero-order valence-electron chi connectivity index (χ0n) is 10.8. The van der Waals surface area contributed by atoms with Crippen LogP contribution in [0.2, 0.25) is 0 Å². The fourth-order valence-corrected chi connectivity index (χ4v) is 1.99. The van der Waals surface area contributed by atoms with E-state index in [0.717, 1.165) is 5.69 Å². The van der Waals surface area contributed by atoms with Gasteiger partial charge in [-0.3, -0.25) is 10.1 Å². The van der Waals surface area contributed by atoms with Gasteiger partial charge in [-0.15, -0.1) is 0 Å². The van der Waals surface area contributed by atoms with Gasteiger partial charge in [0.05, 0.1) is 16.2 Å². The molecular weight excluding hydrogens is 274 g/mol. The van der Waals surface area contributed by atoms with E-state index in [4.69, 9.17) is 12.2 Å². The first-order valence-electron chi connectivity index (χ1n) is 5.95. The van der Waals surface area contributed by atoms with Crippen LogP contribution in [-0.2, 0) is 0 Å². The van der Waals surface area contributed by atoms with E-state index in [1.807, 2.05) is 30.3 Å². The minimum atomic E-state index is -0.409. The summed E-state index contributed by atoms with van der Waals surface area (Å²) in [5.74, 6) is 0. The number of benzene rings is 2. The van der Waals surface area contributed by atoms with Crippen molar-refractivity contribution < 1.29 is 4.92 Å². The SMILES string of the molecule is Cc1c(NC(=S)Nc2ccccc2)cccc1[N+](=O)[O-]. The van der Waals surface area contributed by atoms with Crippen LogP contribution >= 0.6 is 12.2 Å². The number of nitrogens with one attached hydrogen (secondary N) is 2. The third-order valence-electron chi connectivity index (χ3n) is 2.78. The van der Waals surface area contributed by atoms with Gasteiger partial charge in [0.2, 0.25) is 0 Å². The molecule has 102 valence electrons. The first-order chi connectivity index (χ1) is 9.58. The van der Waals surface area contributed by atoms with Gasteiger partial charge in [-0.25, -0.2) is 0 Å². The van der Waals surface area contributed by atoms with Gasteiger partial charge in [-0.1, -0.05) is 24.3 Å². The second-order valence-electron chi connectivity index (χ2n) is 4.15. The summed E-state index contributed by atoms with van der Waals surface area (Å²) in [5.41, 5.74) is 2.09. The molecule has 0 aliphatic heterocycles. The quantitative estimate of drug-likeness (QED) is 0.511. The van der Waals surface area contributed by atoms with Crippen molar-refractivity contribution in [3.63, 3.8) is 0 Å². The van der Waals surface area contributed by atoms with Crippen molar-refractivity contribution in [3.05, 3.63) is 64.2 Å². The van der Waals surface area contributed by atoms with Crippen molar-refractivity contribution in [1.29, 1.82) is 0 Å². The maximum atomic E-state index is 10.9. The Kier molecular flexibility index (Phi) is 4.27. The van der Waals surface area contributed by atoms with Gasteiger partial charge >= 0.3 is 0 Å². The number of thiocarbonyl (C=S) groups is 1. The third-order valence-corrected chi connectivity index (χ3v) is 2.99. The number of hydrogen-bond acceptors (Lipinski definition) is 3. The molecule has 2 N–H and O–H groups in total. The molecule has 0 aliphatic rings. The van der Waals surface area contributed by atoms with Gasteiger partial charge in [0.15, 0.2) is 5.11 Å². The molecule has 2 aromatic carbocycles. The van der Waals surface area contributed by atoms with Crippen molar-refractivity contribution in [1.82, 2.24) is 0 Å². The molecule has 0 atom stereocenters. The number of rotatable bonds is 3. The average molecular weight is 287 g/mol. The fourth-order valence-electron chi connectivity index (χ4n) is 1.76. The predicted octanol–water partition coefficient (Wildman–Crippen LogP) is 3.71. The predicted molar refractivity (Wildman–Crippen MR) is 84.1 cm³/mol. The monoisotopic (exact) mass is 287 g/mol. The normalized spacial score (nSPS) is 9.85. The lowest BCUT2D eigenvalue weighted by atomic mass is 10.1. The number of nitro groups is 1. The van der Waals surface area contributed by atoms with Crippen LogP contribution in [0.5, 0.6) is 0 Å². The Morgan fingerprint density at radius 3 is 2.45 bits per heavy atom. The van der Waals surface area contributed by atoms with Crippen molar-refractivity contribution in [2.45, 2.75) is 6.92 Å². The van der Waals surface area contributed by atoms with Gasteiger partial charge in [-0.05, 0) is 37.3 Å². The van der Waals surface area contributed by atoms with E-state index in [1.54, 1.807) is 19.1 Å². The number of hydrogen-bond donors (Lipinski definition) is 2. The molecule has 0 saturated carbocycles. The van der Waals surface area contributed by atoms with Gasteiger partial charge in [0.1, 0.15) is 0 Å². The van der Waals surface area contributed by atoms with Crippen molar-refractivity contribution in [2.24, 2.45) is 0 Å². The Morgan fingerprint density at radius 2 is 1.80 bits per heavy atom. The highest BCUT2D eigenvalue weighted by Crippen LogP contribution is 2.25. The lowest BCUT2D eigenvalue weighted by Gasteiger charge is -2.12. The van der Waals surface area contributed by atoms with E-state index >= 15 is 0 Å². The van der Waals surface area contributed by atoms with Crippen LogP contribution in [0.1, 0.15) is 5.56 Å². The van der Waals surface area contributed by atoms with E-state index in [1.165, 1.54) is 6.07 Å². The second-order valence-corrected chi connectivity index (χ2v) is 4.56. The van der Waals surface area contributed by atoms with Crippen LogP contribution in [0.15, 0.2) is 48.5 Å². The molecule has 2 rings (SSSR count). The summed E-state index contributed by atoms with van der Waals surface area (Å²) in [6, 6.07) is 14.3. The third kappa shape index (κ3) is 3.30. The van der Waals surface area contributed by atoms with E-state index < -0.39 is 4.92 Å². The number of para-hydroxylation sites is 1. The highest BCUT2D eigenvalue weighted by molar-refractivity contribution is 7.80. The van der Waals surface area contributed by atoms with Gasteiger partial charge in [0.25, 0.3) is 5.69 Å². The summed E-state index contributed by atoms with van der Waals surface area (Å²) in [5, 5.41) is 17.3. The molecule has 0 saturated heterocycles. The molecular formula is C14H13N3O2S. The number of anilines is 2. The highest BCUT2D eigenvalue weighted by atomic mass is 32.1. The summed E-state index contributed by atoms with van der Waals surface area (Å²) in [6.07, 6.45) is 0. The van der Waals surface area contributed by atoms with Crippen molar-refractivity contribution in [3.8, 4) is 0 Å². The summed E-state index contributed by atoms with van der Waals surface area (Å²) in [4.78, 5) is 10.5. The zero-order chi connectivity index (χ0) is 14.5. The van der Waals surface area contributed by atoms with Gasteiger partial charge < -0.3 is 10.6 Å². The molecule has 5 nitrogen and oxygen atoms in total. The smallest absolute Gasteiger partial charge is 0.274 e. The molecule has 0 fully saturated rings. The van der Waals surface area contributed by atoms with Crippen molar-refractivity contribution >= 4 is 34.4 Å². The van der Waals surface area contributed by atoms with Crippen LogP contribution in [0, 0.1) is 17.0 Å². The molecule has 0 unspecified atom stereocenters. The molecule has 2 aromatic rings. The molecule has 0 bridgehead atoms. The first-order valence-corrected chi connectivity index (χ1v) is 6.36. The van der Waals surface area contributed by atoms with Crippen LogP contribution in [0.25, 0.3) is 0 Å². The molecule has 0 radical (unpaired) electrons. The molecule has 0 spiro atoms. The minimum Gasteiger partial charge on any atom is -0.332 e. The maximum Gasteiger partial charge on any atom is 0.274 e. The topological polar surface area (TPSA) is 67.2 Å². The zero-order valence-corrected chi connectivity index (χ0v) is 11.6. The summed E-state index contributed by atoms with van der Waals surface area (Å²) in [7, 11) is 0. The number of nitro benzene ring substituents is 1. The Bertz CT molecular complexity index is 644. The standard InChI is InChI=1S/C14H13N3O2S/c1-10-12(8-5-9-13(10)17(18)19)16-14(20)15-11-6-3-2-4-7-11/h2-9H,1H3,(H2,15,16,20). The van der Waals surface area contributed by atoms with E-state index in [2.05, 4.69) is 10.6 Å². The Hall–Kier alpha value is -2.47. The Balaban J connectivity index is 2.12. The summed E-state index contributed by atoms with van der Waals surface area (Å²) in [6.45, 7) is 1.69. The second kappa shape index (κ2) is 6.12. The Labute approximate surface area is 121 Å². The molecule has 6 heteroatoms. The lowest BCUT2D eigenvalue weighted by molar-refractivity contribution is -0.385. The van der Waals surface area contributed by atoms with E-state index in [0.29, 0.717) is 16.4 Å². The summed E-state index contributed by atoms with van der Waals surface area (Å²) >= 11 is 5.19. The van der Waals surface area contributed by atoms with Crippen LogP contribution < -0.4 is 10.6 Å². The lowest BCUT2D eigenvalue weighted by Crippen LogP contribution is -2.19. The average Bonchev–Trinajstić information content (AvgIpc) is 2.42. The van der Waals surface area contributed by atoms with Crippen molar-refractivity contribution in [2.75, 3.05) is 10.6 Å². The highest BCUT2D eigenvalue weighted by Gasteiger charge is 2.13. The first kappa shape index (κ1) is 14.0. The fraction of sp³-hybridized carbons (Fsp3) is 0.0714. The van der Waals surface area contributed by atoms with Crippen LogP contribution in [0.3, 0.4) is 0 Å². The van der Waals surface area contributed by atoms with E-state index in [-0.39, 0.29) is 5.69 Å². The molecule has 0 amide bonds. The molecule has 0 aromatic heterocycles. The minimum absolute atomic E-state index is 0.0671. The van der Waals surface area contributed by atoms with Gasteiger partial charge in [0, 0.05) is 11.8 Å². The molecule has 0 heterocycles. The molecule has 0 aliphatic carbocycles. The largest absolute Gasteiger partial charge is 0.332 e. The number of nitrogens with zero attached hydrogens (tertiary/aromatic N) is 1.